The van der Waals surface area contributed by atoms with Crippen molar-refractivity contribution in [1.82, 2.24) is 19.5 Å². The highest BCUT2D eigenvalue weighted by Gasteiger charge is 2.11. The normalized spacial score (nSPS) is 13.0. The Kier molecular flexibility index (Phi) is 2.28. The van der Waals surface area contributed by atoms with E-state index in [2.05, 4.69) is 30.9 Å². The maximum absolute atomic E-state index is 10.6. The van der Waals surface area contributed by atoms with Gasteiger partial charge in [0.1, 0.15) is 22.7 Å². The minimum atomic E-state index is -0.262. The zero-order valence-corrected chi connectivity index (χ0v) is 8.97. The summed E-state index contributed by atoms with van der Waals surface area (Å²) >= 11 is 3.27. The first-order valence-corrected chi connectivity index (χ1v) is 4.81. The van der Waals surface area contributed by atoms with Gasteiger partial charge in [-0.1, -0.05) is 0 Å². The molecule has 0 saturated carbocycles. The number of imidazole rings is 1. The van der Waals surface area contributed by atoms with Crippen LogP contribution in [0.5, 0.6) is 0 Å². The van der Waals surface area contributed by atoms with Gasteiger partial charge in [0, 0.05) is 0 Å². The maximum Gasteiger partial charge on any atom is 0.165 e. The molecule has 0 amide bonds. The lowest BCUT2D eigenvalue weighted by Crippen LogP contribution is -2.05. The van der Waals surface area contributed by atoms with E-state index in [1.165, 1.54) is 6.33 Å². The lowest BCUT2D eigenvalue weighted by atomic mass is 10.4. The highest BCUT2D eigenvalue weighted by molar-refractivity contribution is 9.10. The lowest BCUT2D eigenvalue weighted by Gasteiger charge is -2.04. The zero-order chi connectivity index (χ0) is 10.1. The smallest absolute Gasteiger partial charge is 0.165 e. The maximum atomic E-state index is 10.6. The Morgan fingerprint density at radius 3 is 3.00 bits per heavy atom. The summed E-state index contributed by atoms with van der Waals surface area (Å²) in [4.78, 5) is 22.8. The second-order valence-electron chi connectivity index (χ2n) is 2.87. The average Bonchev–Trinajstić information content (AvgIpc) is 2.62. The van der Waals surface area contributed by atoms with Crippen molar-refractivity contribution >= 4 is 33.4 Å². The highest BCUT2D eigenvalue weighted by atomic mass is 79.9. The monoisotopic (exact) mass is 254 g/mol. The van der Waals surface area contributed by atoms with Crippen LogP contribution < -0.4 is 0 Å². The van der Waals surface area contributed by atoms with E-state index in [9.17, 15) is 4.79 Å². The van der Waals surface area contributed by atoms with Gasteiger partial charge < -0.3 is 9.36 Å². The molecular formula is C8H7BrN4O. The number of aromatic nitrogens is 4. The second kappa shape index (κ2) is 3.45. The Labute approximate surface area is 88.3 Å². The van der Waals surface area contributed by atoms with Crippen LogP contribution in [0.15, 0.2) is 17.3 Å². The van der Waals surface area contributed by atoms with E-state index < -0.39 is 0 Å². The largest absolute Gasteiger partial charge is 0.305 e. The molecule has 5 nitrogen and oxygen atoms in total. The molecule has 1 atom stereocenters. The molecular weight excluding hydrogens is 248 g/mol. The third-order valence-corrected chi connectivity index (χ3v) is 2.53. The number of carbonyl (C=O) groups is 1. The number of halogens is 1. The average molecular weight is 255 g/mol. The minimum absolute atomic E-state index is 0.262. The Morgan fingerprint density at radius 2 is 2.29 bits per heavy atom. The summed E-state index contributed by atoms with van der Waals surface area (Å²) in [6.07, 6.45) is 3.86. The van der Waals surface area contributed by atoms with Crippen molar-refractivity contribution in [2.45, 2.75) is 13.0 Å². The highest BCUT2D eigenvalue weighted by Crippen LogP contribution is 2.19. The number of aldehydes is 1. The van der Waals surface area contributed by atoms with E-state index in [0.717, 1.165) is 6.29 Å². The number of rotatable bonds is 2. The fourth-order valence-electron chi connectivity index (χ4n) is 1.19. The van der Waals surface area contributed by atoms with Crippen molar-refractivity contribution in [3.8, 4) is 0 Å². The molecule has 0 spiro atoms. The zero-order valence-electron chi connectivity index (χ0n) is 7.38. The van der Waals surface area contributed by atoms with Crippen LogP contribution in [0.25, 0.3) is 11.2 Å². The first kappa shape index (κ1) is 9.26. The van der Waals surface area contributed by atoms with Gasteiger partial charge in [0.25, 0.3) is 0 Å². The SMILES string of the molecule is CC(C=O)n1cnc2c(Br)ncnc21. The molecule has 0 aliphatic rings. The fourth-order valence-corrected chi connectivity index (χ4v) is 1.56. The summed E-state index contributed by atoms with van der Waals surface area (Å²) in [6, 6.07) is -0.262. The Morgan fingerprint density at radius 1 is 1.50 bits per heavy atom. The molecule has 2 rings (SSSR count). The van der Waals surface area contributed by atoms with Gasteiger partial charge in [0.05, 0.1) is 12.4 Å². The Balaban J connectivity index is 2.69. The van der Waals surface area contributed by atoms with Crippen LogP contribution in [-0.4, -0.2) is 25.8 Å². The van der Waals surface area contributed by atoms with E-state index >= 15 is 0 Å². The minimum Gasteiger partial charge on any atom is -0.305 e. The van der Waals surface area contributed by atoms with Crippen LogP contribution in [0.3, 0.4) is 0 Å². The van der Waals surface area contributed by atoms with Gasteiger partial charge >= 0.3 is 0 Å². The van der Waals surface area contributed by atoms with Crippen LogP contribution in [-0.2, 0) is 4.79 Å². The van der Waals surface area contributed by atoms with Crippen LogP contribution in [0, 0.1) is 0 Å². The third-order valence-electron chi connectivity index (χ3n) is 1.95. The molecule has 2 heterocycles. The summed E-state index contributed by atoms with van der Waals surface area (Å²) in [7, 11) is 0. The summed E-state index contributed by atoms with van der Waals surface area (Å²) in [5, 5.41) is 0. The van der Waals surface area contributed by atoms with Gasteiger partial charge in [-0.3, -0.25) is 0 Å². The van der Waals surface area contributed by atoms with Crippen molar-refractivity contribution in [1.29, 1.82) is 0 Å². The molecule has 0 fully saturated rings. The molecule has 0 bridgehead atoms. The summed E-state index contributed by atoms with van der Waals surface area (Å²) in [5.74, 6) is 0. The van der Waals surface area contributed by atoms with Gasteiger partial charge in [0.15, 0.2) is 5.65 Å². The van der Waals surface area contributed by atoms with E-state index in [0.29, 0.717) is 15.8 Å². The molecule has 0 aliphatic heterocycles. The topological polar surface area (TPSA) is 60.7 Å². The molecule has 0 saturated heterocycles. The second-order valence-corrected chi connectivity index (χ2v) is 3.62. The summed E-state index contributed by atoms with van der Waals surface area (Å²) < 4.78 is 2.34. The molecule has 6 heteroatoms. The van der Waals surface area contributed by atoms with Gasteiger partial charge in [-0.2, -0.15) is 0 Å². The van der Waals surface area contributed by atoms with Crippen LogP contribution in [0.2, 0.25) is 0 Å². The predicted molar refractivity (Wildman–Crippen MR) is 53.8 cm³/mol. The number of carbonyl (C=O) groups excluding carboxylic acids is 1. The van der Waals surface area contributed by atoms with Gasteiger partial charge in [-0.15, -0.1) is 0 Å². The van der Waals surface area contributed by atoms with Gasteiger partial charge in [-0.25, -0.2) is 15.0 Å². The molecule has 14 heavy (non-hydrogen) atoms. The van der Waals surface area contributed by atoms with Crippen molar-refractivity contribution in [2.24, 2.45) is 0 Å². The van der Waals surface area contributed by atoms with Crippen molar-refractivity contribution in [2.75, 3.05) is 0 Å². The third kappa shape index (κ3) is 1.31. The molecule has 0 aromatic carbocycles. The van der Waals surface area contributed by atoms with E-state index in [4.69, 9.17) is 0 Å². The van der Waals surface area contributed by atoms with Gasteiger partial charge in [-0.05, 0) is 22.9 Å². The first-order valence-electron chi connectivity index (χ1n) is 4.02. The Hall–Kier alpha value is -1.30. The number of hydrogen-bond acceptors (Lipinski definition) is 4. The van der Waals surface area contributed by atoms with E-state index in [-0.39, 0.29) is 6.04 Å². The van der Waals surface area contributed by atoms with Crippen LogP contribution in [0.1, 0.15) is 13.0 Å². The quantitative estimate of drug-likeness (QED) is 0.600. The van der Waals surface area contributed by atoms with E-state index in [1.807, 2.05) is 0 Å². The predicted octanol–water partition coefficient (Wildman–Crippen LogP) is 1.35. The van der Waals surface area contributed by atoms with Crippen molar-refractivity contribution < 1.29 is 4.79 Å². The van der Waals surface area contributed by atoms with Crippen molar-refractivity contribution in [3.05, 3.63) is 17.3 Å². The van der Waals surface area contributed by atoms with E-state index in [1.54, 1.807) is 17.8 Å². The standard InChI is InChI=1S/C8H7BrN4O/c1-5(2-14)13-4-12-6-7(9)10-3-11-8(6)13/h2-5H,1H3. The molecule has 2 aromatic rings. The molecule has 1 unspecified atom stereocenters. The van der Waals surface area contributed by atoms with Crippen LogP contribution >= 0.6 is 15.9 Å². The van der Waals surface area contributed by atoms with Crippen molar-refractivity contribution in [3.63, 3.8) is 0 Å². The molecule has 2 aromatic heterocycles. The van der Waals surface area contributed by atoms with Crippen LogP contribution in [0.4, 0.5) is 0 Å². The first-order chi connectivity index (χ1) is 6.74. The number of fused-ring (bicyclic) bond motifs is 1. The molecule has 72 valence electrons. The molecule has 0 aliphatic carbocycles. The lowest BCUT2D eigenvalue weighted by molar-refractivity contribution is -0.110. The summed E-state index contributed by atoms with van der Waals surface area (Å²) in [5.41, 5.74) is 1.33. The number of hydrogen-bond donors (Lipinski definition) is 0. The molecule has 0 N–H and O–H groups in total. The fraction of sp³-hybridized carbons (Fsp3) is 0.250. The summed E-state index contributed by atoms with van der Waals surface area (Å²) in [6.45, 7) is 1.78. The van der Waals surface area contributed by atoms with Gasteiger partial charge in [0.2, 0.25) is 0 Å². The number of nitrogens with zero attached hydrogens (tertiary/aromatic N) is 4. The molecule has 0 radical (unpaired) electrons. The Bertz CT molecular complexity index is 481.